The van der Waals surface area contributed by atoms with Crippen LogP contribution in [-0.2, 0) is 0 Å². The fourth-order valence-electron chi connectivity index (χ4n) is 4.71. The van der Waals surface area contributed by atoms with E-state index in [1.54, 1.807) is 0 Å². The Bertz CT molecular complexity index is 611. The molecule has 3 fully saturated rings. The first-order chi connectivity index (χ1) is 13.0. The molecule has 0 spiro atoms. The van der Waals surface area contributed by atoms with Crippen LogP contribution in [0.4, 0.5) is 5.69 Å². The van der Waals surface area contributed by atoms with E-state index < -0.39 is 0 Å². The van der Waals surface area contributed by atoms with Crippen molar-refractivity contribution in [2.75, 3.05) is 58.3 Å². The molecule has 3 saturated heterocycles. The highest BCUT2D eigenvalue weighted by Gasteiger charge is 2.40. The second-order valence-electron chi connectivity index (χ2n) is 8.33. The number of benzene rings is 1. The summed E-state index contributed by atoms with van der Waals surface area (Å²) >= 11 is 0. The number of nitrogens with zero attached hydrogens (tertiary/aromatic N) is 3. The molecule has 3 aliphatic rings. The Morgan fingerprint density at radius 3 is 2.44 bits per heavy atom. The zero-order chi connectivity index (χ0) is 19.4. The molecule has 2 bridgehead atoms. The normalized spacial score (nSPS) is 27.0. The predicted molar refractivity (Wildman–Crippen MR) is 112 cm³/mol. The highest BCUT2D eigenvalue weighted by atomic mass is 16.1. The van der Waals surface area contributed by atoms with Crippen molar-refractivity contribution in [3.8, 4) is 0 Å². The van der Waals surface area contributed by atoms with Crippen LogP contribution < -0.4 is 10.2 Å². The third-order valence-electron chi connectivity index (χ3n) is 6.55. The largest absolute Gasteiger partial charge is 0.378 e. The van der Waals surface area contributed by atoms with Gasteiger partial charge in [-0.15, -0.1) is 0 Å². The number of carbonyl (C=O) groups is 1. The lowest BCUT2D eigenvalue weighted by Gasteiger charge is -2.51. The Hall–Kier alpha value is -1.59. The quantitative estimate of drug-likeness (QED) is 0.761. The van der Waals surface area contributed by atoms with Crippen molar-refractivity contribution in [1.29, 1.82) is 0 Å². The summed E-state index contributed by atoms with van der Waals surface area (Å²) in [6.45, 7) is 11.2. The Morgan fingerprint density at radius 1 is 1.19 bits per heavy atom. The van der Waals surface area contributed by atoms with Crippen molar-refractivity contribution < 1.29 is 4.79 Å². The van der Waals surface area contributed by atoms with Gasteiger partial charge in [0, 0.05) is 51.0 Å². The van der Waals surface area contributed by atoms with Crippen LogP contribution in [0.15, 0.2) is 24.3 Å². The molecule has 150 valence electrons. The van der Waals surface area contributed by atoms with Crippen LogP contribution in [-0.4, -0.2) is 75.1 Å². The van der Waals surface area contributed by atoms with E-state index in [2.05, 4.69) is 29.0 Å². The minimum Gasteiger partial charge on any atom is -0.378 e. The van der Waals surface area contributed by atoms with Crippen LogP contribution in [0.3, 0.4) is 0 Å². The van der Waals surface area contributed by atoms with Crippen LogP contribution in [0, 0.1) is 11.8 Å². The fraction of sp³-hybridized carbons (Fsp3) is 0.682. The lowest BCUT2D eigenvalue weighted by atomic mass is 9.75. The number of amides is 1. The monoisotopic (exact) mass is 372 g/mol. The first-order valence-corrected chi connectivity index (χ1v) is 10.5. The summed E-state index contributed by atoms with van der Waals surface area (Å²) in [6, 6.07) is 8.33. The number of rotatable bonds is 8. The Kier molecular flexibility index (Phi) is 6.77. The van der Waals surface area contributed by atoms with Crippen LogP contribution in [0.25, 0.3) is 0 Å². The zero-order valence-corrected chi connectivity index (χ0v) is 17.4. The standard InChI is InChI=1S/C22H36N4O/c1-5-25(6-2)15-19-16-26-12-11-18(19)13-21(26)14-23-22(27)17-7-9-20(10-8-17)24(3)4/h7-10,18-19,21H,5-6,11-16H2,1-4H3,(H,23,27)/t18-,19+,21+/m0/s1. The average Bonchev–Trinajstić information content (AvgIpc) is 2.70. The summed E-state index contributed by atoms with van der Waals surface area (Å²) in [6.07, 6.45) is 2.55. The van der Waals surface area contributed by atoms with Crippen molar-refractivity contribution in [1.82, 2.24) is 15.1 Å². The van der Waals surface area contributed by atoms with Gasteiger partial charge in [-0.25, -0.2) is 0 Å². The third-order valence-corrected chi connectivity index (χ3v) is 6.55. The molecular weight excluding hydrogens is 336 g/mol. The molecule has 5 heteroatoms. The topological polar surface area (TPSA) is 38.8 Å². The summed E-state index contributed by atoms with van der Waals surface area (Å²) in [7, 11) is 4.02. The molecule has 1 amide bonds. The minimum absolute atomic E-state index is 0.0441. The zero-order valence-electron chi connectivity index (χ0n) is 17.4. The molecule has 3 aliphatic heterocycles. The summed E-state index contributed by atoms with van der Waals surface area (Å²) < 4.78 is 0. The minimum atomic E-state index is 0.0441. The molecule has 1 N–H and O–H groups in total. The van der Waals surface area contributed by atoms with Gasteiger partial charge in [0.05, 0.1) is 0 Å². The number of fused-ring (bicyclic) bond motifs is 3. The fourth-order valence-corrected chi connectivity index (χ4v) is 4.71. The molecule has 4 rings (SSSR count). The van der Waals surface area contributed by atoms with E-state index in [0.717, 1.165) is 42.7 Å². The number of carbonyl (C=O) groups excluding carboxylic acids is 1. The molecule has 0 aromatic heterocycles. The number of anilines is 1. The smallest absolute Gasteiger partial charge is 0.251 e. The van der Waals surface area contributed by atoms with Crippen molar-refractivity contribution in [2.45, 2.75) is 32.7 Å². The molecule has 27 heavy (non-hydrogen) atoms. The van der Waals surface area contributed by atoms with Gasteiger partial charge in [-0.05, 0) is 68.6 Å². The Balaban J connectivity index is 1.50. The van der Waals surface area contributed by atoms with Crippen molar-refractivity contribution in [2.24, 2.45) is 11.8 Å². The molecule has 0 radical (unpaired) electrons. The van der Waals surface area contributed by atoms with Gasteiger partial charge in [-0.2, -0.15) is 0 Å². The van der Waals surface area contributed by atoms with Crippen LogP contribution >= 0.6 is 0 Å². The highest BCUT2D eigenvalue weighted by molar-refractivity contribution is 5.94. The van der Waals surface area contributed by atoms with Crippen molar-refractivity contribution >= 4 is 11.6 Å². The van der Waals surface area contributed by atoms with E-state index in [1.165, 1.54) is 32.5 Å². The summed E-state index contributed by atoms with van der Waals surface area (Å²) in [5.41, 5.74) is 1.86. The maximum absolute atomic E-state index is 12.5. The lowest BCUT2D eigenvalue weighted by Crippen LogP contribution is -2.58. The second-order valence-corrected chi connectivity index (χ2v) is 8.33. The Morgan fingerprint density at radius 2 is 1.89 bits per heavy atom. The molecule has 1 unspecified atom stereocenters. The number of hydrogen-bond donors (Lipinski definition) is 1. The Labute approximate surface area is 164 Å². The van der Waals surface area contributed by atoms with Crippen LogP contribution in [0.1, 0.15) is 37.0 Å². The second kappa shape index (κ2) is 9.07. The van der Waals surface area contributed by atoms with Gasteiger partial charge in [0.2, 0.25) is 0 Å². The number of nitrogens with one attached hydrogen (secondary N) is 1. The maximum Gasteiger partial charge on any atom is 0.251 e. The van der Waals surface area contributed by atoms with Crippen LogP contribution in [0.2, 0.25) is 0 Å². The van der Waals surface area contributed by atoms with E-state index in [4.69, 9.17) is 0 Å². The molecule has 0 saturated carbocycles. The first kappa shape index (κ1) is 20.2. The van der Waals surface area contributed by atoms with Crippen LogP contribution in [0.5, 0.6) is 0 Å². The van der Waals surface area contributed by atoms with Gasteiger partial charge in [0.25, 0.3) is 5.91 Å². The van der Waals surface area contributed by atoms with E-state index in [-0.39, 0.29) is 5.91 Å². The van der Waals surface area contributed by atoms with E-state index in [0.29, 0.717) is 6.04 Å². The van der Waals surface area contributed by atoms with Gasteiger partial charge in [-0.3, -0.25) is 9.69 Å². The van der Waals surface area contributed by atoms with Gasteiger partial charge in [-0.1, -0.05) is 13.8 Å². The van der Waals surface area contributed by atoms with Gasteiger partial charge < -0.3 is 15.1 Å². The van der Waals surface area contributed by atoms with E-state index in [1.807, 2.05) is 43.3 Å². The van der Waals surface area contributed by atoms with E-state index >= 15 is 0 Å². The SMILES string of the molecule is CCN(CC)C[C@@H]1CN2CC[C@H]1C[C@@H]2CNC(=O)c1ccc(N(C)C)cc1. The van der Waals surface area contributed by atoms with Gasteiger partial charge in [0.15, 0.2) is 0 Å². The molecule has 4 atom stereocenters. The predicted octanol–water partition coefficient (Wildman–Crippen LogP) is 2.53. The summed E-state index contributed by atoms with van der Waals surface area (Å²) in [4.78, 5) is 19.7. The molecular formula is C22H36N4O. The number of hydrogen-bond acceptors (Lipinski definition) is 4. The molecule has 1 aromatic rings. The first-order valence-electron chi connectivity index (χ1n) is 10.5. The molecule has 1 aromatic carbocycles. The molecule has 3 heterocycles. The number of piperidine rings is 3. The average molecular weight is 373 g/mol. The van der Waals surface area contributed by atoms with Gasteiger partial charge in [0.1, 0.15) is 0 Å². The van der Waals surface area contributed by atoms with E-state index in [9.17, 15) is 4.79 Å². The lowest BCUT2D eigenvalue weighted by molar-refractivity contribution is -0.0104. The van der Waals surface area contributed by atoms with Crippen molar-refractivity contribution in [3.05, 3.63) is 29.8 Å². The molecule has 0 aliphatic carbocycles. The third kappa shape index (κ3) is 4.82. The summed E-state index contributed by atoms with van der Waals surface area (Å²) in [5, 5.41) is 3.18. The van der Waals surface area contributed by atoms with Crippen molar-refractivity contribution in [3.63, 3.8) is 0 Å². The highest BCUT2D eigenvalue weighted by Crippen LogP contribution is 2.36. The maximum atomic E-state index is 12.5. The summed E-state index contributed by atoms with van der Waals surface area (Å²) in [5.74, 6) is 1.66. The molecule has 5 nitrogen and oxygen atoms in total. The van der Waals surface area contributed by atoms with Gasteiger partial charge >= 0.3 is 0 Å².